The number of ether oxygens (including phenoxy) is 1. The summed E-state index contributed by atoms with van der Waals surface area (Å²) in [4.78, 5) is 1.18. The minimum atomic E-state index is -4.22. The maximum atomic E-state index is 14.4. The number of β-amino-alcohol motifs (C(OH)–C–C–N with tert-alkyl or cyclic N) is 1. The maximum Gasteiger partial charge on any atom is 0.245 e. The van der Waals surface area contributed by atoms with E-state index in [-0.39, 0.29) is 43.4 Å². The molecule has 1 spiro atoms. The normalized spacial score (nSPS) is 22.1. The van der Waals surface area contributed by atoms with Gasteiger partial charge in [-0.05, 0) is 49.7 Å². The van der Waals surface area contributed by atoms with Crippen LogP contribution in [0.25, 0.3) is 11.1 Å². The molecule has 42 heavy (non-hydrogen) atoms. The van der Waals surface area contributed by atoms with E-state index in [2.05, 4.69) is 9.82 Å². The molecule has 1 atom stereocenters. The summed E-state index contributed by atoms with van der Waals surface area (Å²) in [6, 6.07) is 7.10. The van der Waals surface area contributed by atoms with Gasteiger partial charge in [0.1, 0.15) is 27.2 Å². The standard InChI is InChI=1S/C27H33F2N5O6S2/c1-32-16-22(35)14-31-41(36,37)26-5-3-19(20-13-30-33(2)15-20)11-24(26)40-18-27(17-32)7-9-34(10-8-27)42(38,39)25-6-4-21(28)12-23(25)29/h3-6,11-13,15,22,31,35H,7-10,14,16-18H2,1-2H3. The molecule has 3 aromatic rings. The molecule has 2 aliphatic rings. The van der Waals surface area contributed by atoms with Crippen LogP contribution in [0, 0.1) is 17.0 Å². The molecular formula is C27H33F2N5O6S2. The third-order valence-electron chi connectivity index (χ3n) is 7.74. The molecule has 0 bridgehead atoms. The van der Waals surface area contributed by atoms with Gasteiger partial charge in [-0.1, -0.05) is 6.07 Å². The van der Waals surface area contributed by atoms with Crippen LogP contribution in [0.5, 0.6) is 5.75 Å². The largest absolute Gasteiger partial charge is 0.492 e. The maximum absolute atomic E-state index is 14.4. The third-order valence-corrected chi connectivity index (χ3v) is 11.1. The Morgan fingerprint density at radius 3 is 2.50 bits per heavy atom. The van der Waals surface area contributed by atoms with Crippen molar-refractivity contribution in [2.75, 3.05) is 46.4 Å². The van der Waals surface area contributed by atoms with Gasteiger partial charge in [0, 0.05) is 63.0 Å². The molecule has 11 nitrogen and oxygen atoms in total. The summed E-state index contributed by atoms with van der Waals surface area (Å²) in [6.45, 7) is 0.528. The Morgan fingerprint density at radius 1 is 1.10 bits per heavy atom. The fourth-order valence-electron chi connectivity index (χ4n) is 5.54. The molecule has 0 radical (unpaired) electrons. The monoisotopic (exact) mass is 625 g/mol. The molecule has 0 amide bonds. The Morgan fingerprint density at radius 2 is 1.83 bits per heavy atom. The van der Waals surface area contributed by atoms with Crippen molar-refractivity contribution < 1.29 is 35.5 Å². The molecule has 1 aromatic heterocycles. The number of aromatic nitrogens is 2. The van der Waals surface area contributed by atoms with Crippen molar-refractivity contribution in [2.45, 2.75) is 28.7 Å². The minimum absolute atomic E-state index is 0.0430. The van der Waals surface area contributed by atoms with Crippen LogP contribution in [-0.2, 0) is 27.1 Å². The molecule has 1 fully saturated rings. The highest BCUT2D eigenvalue weighted by Crippen LogP contribution is 2.38. The van der Waals surface area contributed by atoms with E-state index in [1.54, 1.807) is 43.3 Å². The van der Waals surface area contributed by atoms with Crippen LogP contribution in [0.2, 0.25) is 0 Å². The fourth-order valence-corrected chi connectivity index (χ4v) is 8.23. The number of aryl methyl sites for hydroxylation is 1. The number of nitrogens with zero attached hydrogens (tertiary/aromatic N) is 4. The van der Waals surface area contributed by atoms with Gasteiger partial charge in [0.15, 0.2) is 0 Å². The second-order valence-electron chi connectivity index (χ2n) is 11.0. The van der Waals surface area contributed by atoms with E-state index in [0.29, 0.717) is 31.0 Å². The number of hydrogen-bond donors (Lipinski definition) is 2. The topological polar surface area (TPSA) is 134 Å². The average molecular weight is 626 g/mol. The number of halogens is 2. The molecular weight excluding hydrogens is 592 g/mol. The van der Waals surface area contributed by atoms with Crippen LogP contribution in [0.4, 0.5) is 8.78 Å². The number of rotatable bonds is 3. The summed E-state index contributed by atoms with van der Waals surface area (Å²) in [5.41, 5.74) is 0.828. The molecule has 1 saturated heterocycles. The van der Waals surface area contributed by atoms with Crippen molar-refractivity contribution >= 4 is 20.0 Å². The molecule has 2 N–H and O–H groups in total. The lowest BCUT2D eigenvalue weighted by Gasteiger charge is -2.43. The van der Waals surface area contributed by atoms with Crippen molar-refractivity contribution in [1.29, 1.82) is 0 Å². The first-order chi connectivity index (χ1) is 19.8. The van der Waals surface area contributed by atoms with Crippen molar-refractivity contribution in [1.82, 2.24) is 23.7 Å². The van der Waals surface area contributed by atoms with Crippen LogP contribution in [0.1, 0.15) is 12.8 Å². The number of likely N-dealkylation sites (N-methyl/N-ethyl adjacent to an activating group) is 1. The quantitative estimate of drug-likeness (QED) is 0.450. The fraction of sp³-hybridized carbons (Fsp3) is 0.444. The van der Waals surface area contributed by atoms with Gasteiger partial charge in [0.25, 0.3) is 0 Å². The molecule has 3 heterocycles. The SMILES string of the molecule is CN1CC(O)CNS(=O)(=O)c2ccc(-c3cnn(C)c3)cc2OCC2(CCN(S(=O)(=O)c3ccc(F)cc3F)CC2)C1. The molecule has 228 valence electrons. The number of benzene rings is 2. The summed E-state index contributed by atoms with van der Waals surface area (Å²) in [6.07, 6.45) is 3.08. The van der Waals surface area contributed by atoms with E-state index in [1.165, 1.54) is 10.4 Å². The second-order valence-corrected chi connectivity index (χ2v) is 14.7. The molecule has 2 aliphatic heterocycles. The second kappa shape index (κ2) is 11.6. The molecule has 5 rings (SSSR count). The highest BCUT2D eigenvalue weighted by atomic mass is 32.2. The zero-order valence-electron chi connectivity index (χ0n) is 23.2. The van der Waals surface area contributed by atoms with Crippen molar-refractivity contribution in [3.8, 4) is 16.9 Å². The summed E-state index contributed by atoms with van der Waals surface area (Å²) < 4.78 is 92.2. The number of aliphatic hydroxyl groups excluding tert-OH is 1. The van der Waals surface area contributed by atoms with Gasteiger partial charge in [-0.2, -0.15) is 9.40 Å². The van der Waals surface area contributed by atoms with Crippen molar-refractivity contribution in [2.24, 2.45) is 12.5 Å². The summed E-state index contributed by atoms with van der Waals surface area (Å²) in [7, 11) is -4.71. The van der Waals surface area contributed by atoms with E-state index in [9.17, 15) is 30.7 Å². The Bertz CT molecular complexity index is 1670. The predicted octanol–water partition coefficient (Wildman–Crippen LogP) is 1.80. The van der Waals surface area contributed by atoms with Gasteiger partial charge in [-0.3, -0.25) is 4.68 Å². The number of fused-ring (bicyclic) bond motifs is 1. The summed E-state index contributed by atoms with van der Waals surface area (Å²) in [5, 5.41) is 14.8. The predicted molar refractivity (Wildman–Crippen MR) is 150 cm³/mol. The van der Waals surface area contributed by atoms with E-state index in [0.717, 1.165) is 17.7 Å². The Kier molecular flexibility index (Phi) is 8.44. The van der Waals surface area contributed by atoms with E-state index in [1.807, 2.05) is 4.90 Å². The third kappa shape index (κ3) is 6.35. The highest BCUT2D eigenvalue weighted by Gasteiger charge is 2.41. The van der Waals surface area contributed by atoms with Crippen LogP contribution in [0.15, 0.2) is 58.6 Å². The number of hydrogen-bond acceptors (Lipinski definition) is 8. The van der Waals surface area contributed by atoms with Gasteiger partial charge in [-0.25, -0.2) is 30.3 Å². The van der Waals surface area contributed by atoms with Gasteiger partial charge in [0.05, 0.1) is 18.9 Å². The Hall–Kier alpha value is -2.95. The van der Waals surface area contributed by atoms with E-state index < -0.39 is 48.1 Å². The number of piperidine rings is 1. The van der Waals surface area contributed by atoms with Gasteiger partial charge in [-0.15, -0.1) is 0 Å². The molecule has 1 unspecified atom stereocenters. The highest BCUT2D eigenvalue weighted by molar-refractivity contribution is 7.89. The van der Waals surface area contributed by atoms with E-state index >= 15 is 0 Å². The Balaban J connectivity index is 1.46. The lowest BCUT2D eigenvalue weighted by atomic mass is 9.79. The lowest BCUT2D eigenvalue weighted by Crippen LogP contribution is -2.51. The smallest absolute Gasteiger partial charge is 0.245 e. The first-order valence-corrected chi connectivity index (χ1v) is 16.3. The van der Waals surface area contributed by atoms with Crippen molar-refractivity contribution in [3.05, 3.63) is 60.4 Å². The van der Waals surface area contributed by atoms with Crippen LogP contribution in [0.3, 0.4) is 0 Å². The van der Waals surface area contributed by atoms with Crippen LogP contribution in [-0.4, -0.2) is 93.4 Å². The lowest BCUT2D eigenvalue weighted by molar-refractivity contribution is 0.0318. The molecule has 2 aromatic carbocycles. The van der Waals surface area contributed by atoms with Crippen LogP contribution >= 0.6 is 0 Å². The zero-order valence-corrected chi connectivity index (χ0v) is 24.8. The molecule has 0 aliphatic carbocycles. The number of aliphatic hydroxyl groups is 1. The summed E-state index contributed by atoms with van der Waals surface area (Å²) >= 11 is 0. The minimum Gasteiger partial charge on any atom is -0.492 e. The Labute approximate surface area is 243 Å². The molecule has 15 heteroatoms. The average Bonchev–Trinajstić information content (AvgIpc) is 3.36. The first-order valence-electron chi connectivity index (χ1n) is 13.4. The van der Waals surface area contributed by atoms with Gasteiger partial charge >= 0.3 is 0 Å². The van der Waals surface area contributed by atoms with Gasteiger partial charge < -0.3 is 14.7 Å². The zero-order chi connectivity index (χ0) is 30.3. The molecule has 0 saturated carbocycles. The first kappa shape index (κ1) is 30.5. The van der Waals surface area contributed by atoms with Gasteiger partial charge in [0.2, 0.25) is 20.0 Å². The number of sulfonamides is 2. The van der Waals surface area contributed by atoms with Crippen molar-refractivity contribution in [3.63, 3.8) is 0 Å². The summed E-state index contributed by atoms with van der Waals surface area (Å²) in [5.74, 6) is -1.91. The van der Waals surface area contributed by atoms with E-state index in [4.69, 9.17) is 4.74 Å². The number of nitrogens with one attached hydrogen (secondary N) is 1. The van der Waals surface area contributed by atoms with Crippen LogP contribution < -0.4 is 9.46 Å².